The van der Waals surface area contributed by atoms with Crippen LogP contribution in [-0.2, 0) is 0 Å². The molecule has 1 amide bonds. The van der Waals surface area contributed by atoms with Gasteiger partial charge in [-0.1, -0.05) is 18.3 Å². The molecule has 10 heteroatoms. The number of carbonyl (C=O) groups is 1. The number of rotatable bonds is 4. The van der Waals surface area contributed by atoms with Gasteiger partial charge >= 0.3 is 6.18 Å². The van der Waals surface area contributed by atoms with E-state index in [2.05, 4.69) is 10.4 Å². The monoisotopic (exact) mass is 442 g/mol. The molecule has 1 saturated heterocycles. The molecule has 164 valence electrons. The average Bonchev–Trinajstić information content (AvgIpc) is 3.38. The number of nitrogens with one attached hydrogen (secondary N) is 1. The second-order valence-electron chi connectivity index (χ2n) is 7.77. The van der Waals surface area contributed by atoms with Gasteiger partial charge in [0, 0.05) is 18.7 Å². The van der Waals surface area contributed by atoms with Gasteiger partial charge in [0.15, 0.2) is 11.1 Å². The standard InChI is InChI=1S/C20H25F3N4O2S/c1-3-12-10-16(20(21,22)23)27-17(24-12)11-13(25-27)14-6-4-5-9-26(14)19(28)15-7-8-18(29-2)30-15/h7-8,11-12,14,16,24H,3-6,9-10H2,1-2H3/t12-,14-,16-/m1/s1. The number of carbonyl (C=O) groups excluding carboxylic acids is 1. The summed E-state index contributed by atoms with van der Waals surface area (Å²) in [6.07, 6.45) is -1.38. The Morgan fingerprint density at radius 2 is 2.17 bits per heavy atom. The van der Waals surface area contributed by atoms with E-state index in [4.69, 9.17) is 4.74 Å². The Kier molecular flexibility index (Phi) is 5.69. The lowest BCUT2D eigenvalue weighted by Crippen LogP contribution is -2.39. The highest BCUT2D eigenvalue weighted by atomic mass is 32.1. The molecular weight excluding hydrogens is 417 g/mol. The summed E-state index contributed by atoms with van der Waals surface area (Å²) in [5.41, 5.74) is 0.514. The quantitative estimate of drug-likeness (QED) is 0.723. The van der Waals surface area contributed by atoms with Gasteiger partial charge in [-0.3, -0.25) is 4.79 Å². The van der Waals surface area contributed by atoms with Crippen molar-refractivity contribution in [3.05, 3.63) is 28.8 Å². The Labute approximate surface area is 177 Å². The van der Waals surface area contributed by atoms with Gasteiger partial charge < -0.3 is 15.0 Å². The van der Waals surface area contributed by atoms with Crippen LogP contribution in [-0.4, -0.2) is 46.5 Å². The minimum absolute atomic E-state index is 0.0452. The SMILES string of the molecule is CC[C@@H]1C[C@H](C(F)(F)F)n2nc([C@H]3CCCCN3C(=O)c3ccc(OC)s3)cc2N1. The molecule has 30 heavy (non-hydrogen) atoms. The number of anilines is 1. The van der Waals surface area contributed by atoms with Crippen LogP contribution in [0.1, 0.15) is 66.5 Å². The molecule has 3 atom stereocenters. The summed E-state index contributed by atoms with van der Waals surface area (Å²) in [7, 11) is 1.55. The van der Waals surface area contributed by atoms with Gasteiger partial charge in [-0.2, -0.15) is 18.3 Å². The molecule has 2 aromatic rings. The van der Waals surface area contributed by atoms with Crippen LogP contribution >= 0.6 is 11.3 Å². The van der Waals surface area contributed by atoms with Crippen LogP contribution < -0.4 is 10.1 Å². The van der Waals surface area contributed by atoms with Crippen LogP contribution in [0.2, 0.25) is 0 Å². The molecule has 2 aliphatic rings. The van der Waals surface area contributed by atoms with Crippen molar-refractivity contribution in [2.45, 2.75) is 63.3 Å². The predicted molar refractivity (Wildman–Crippen MR) is 108 cm³/mol. The van der Waals surface area contributed by atoms with E-state index in [9.17, 15) is 18.0 Å². The highest BCUT2D eigenvalue weighted by molar-refractivity contribution is 7.15. The van der Waals surface area contributed by atoms with E-state index in [0.717, 1.165) is 17.5 Å². The Balaban J connectivity index is 1.65. The molecule has 2 aliphatic heterocycles. The van der Waals surface area contributed by atoms with Crippen molar-refractivity contribution in [2.24, 2.45) is 0 Å². The van der Waals surface area contributed by atoms with Gasteiger partial charge in [-0.25, -0.2) is 4.68 Å². The van der Waals surface area contributed by atoms with E-state index in [1.54, 1.807) is 30.2 Å². The van der Waals surface area contributed by atoms with Crippen molar-refractivity contribution < 1.29 is 22.7 Å². The maximum atomic E-state index is 13.7. The fourth-order valence-corrected chi connectivity index (χ4v) is 5.05. The molecule has 0 radical (unpaired) electrons. The van der Waals surface area contributed by atoms with E-state index in [0.29, 0.717) is 40.8 Å². The maximum absolute atomic E-state index is 13.7. The second kappa shape index (κ2) is 8.13. The number of aromatic nitrogens is 2. The maximum Gasteiger partial charge on any atom is 0.410 e. The fraction of sp³-hybridized carbons (Fsp3) is 0.600. The first kappa shape index (κ1) is 21.0. The van der Waals surface area contributed by atoms with Crippen LogP contribution in [0.25, 0.3) is 0 Å². The fourth-order valence-electron chi connectivity index (χ4n) is 4.27. The Bertz CT molecular complexity index is 910. The van der Waals surface area contributed by atoms with Crippen molar-refractivity contribution in [3.8, 4) is 5.06 Å². The third-order valence-electron chi connectivity index (χ3n) is 5.88. The van der Waals surface area contributed by atoms with Crippen molar-refractivity contribution in [1.82, 2.24) is 14.7 Å². The molecular formula is C20H25F3N4O2S. The second-order valence-corrected chi connectivity index (χ2v) is 8.82. The van der Waals surface area contributed by atoms with Crippen molar-refractivity contribution in [1.29, 1.82) is 0 Å². The number of alkyl halides is 3. The van der Waals surface area contributed by atoms with E-state index in [1.165, 1.54) is 11.3 Å². The highest BCUT2D eigenvalue weighted by Crippen LogP contribution is 2.42. The van der Waals surface area contributed by atoms with E-state index in [1.807, 2.05) is 6.92 Å². The third kappa shape index (κ3) is 3.89. The normalized spacial score (nSPS) is 24.3. The molecule has 0 aromatic carbocycles. The van der Waals surface area contributed by atoms with Crippen LogP contribution in [0.4, 0.5) is 19.0 Å². The number of amides is 1. The number of methoxy groups -OCH3 is 1. The summed E-state index contributed by atoms with van der Waals surface area (Å²) in [6, 6.07) is 2.91. The number of hydrogen-bond acceptors (Lipinski definition) is 5. The lowest BCUT2D eigenvalue weighted by atomic mass is 9.99. The molecule has 0 spiro atoms. The largest absolute Gasteiger partial charge is 0.487 e. The molecule has 2 aromatic heterocycles. The average molecular weight is 443 g/mol. The molecule has 0 aliphatic carbocycles. The lowest BCUT2D eigenvalue weighted by molar-refractivity contribution is -0.173. The summed E-state index contributed by atoms with van der Waals surface area (Å²) >= 11 is 1.27. The van der Waals surface area contributed by atoms with E-state index >= 15 is 0 Å². The van der Waals surface area contributed by atoms with Gasteiger partial charge in [-0.05, 0) is 44.2 Å². The van der Waals surface area contributed by atoms with Crippen molar-refractivity contribution in [2.75, 3.05) is 19.0 Å². The number of fused-ring (bicyclic) bond motifs is 1. The van der Waals surface area contributed by atoms with Crippen LogP contribution in [0.15, 0.2) is 18.2 Å². The van der Waals surface area contributed by atoms with E-state index < -0.39 is 12.2 Å². The first-order valence-corrected chi connectivity index (χ1v) is 11.0. The first-order valence-electron chi connectivity index (χ1n) is 10.2. The van der Waals surface area contributed by atoms with Gasteiger partial charge in [0.2, 0.25) is 0 Å². The number of nitrogens with zero attached hydrogens (tertiary/aromatic N) is 3. The van der Waals surface area contributed by atoms with Gasteiger partial charge in [0.1, 0.15) is 5.82 Å². The van der Waals surface area contributed by atoms with E-state index in [-0.39, 0.29) is 24.4 Å². The van der Waals surface area contributed by atoms with Crippen molar-refractivity contribution in [3.63, 3.8) is 0 Å². The van der Waals surface area contributed by atoms with Crippen LogP contribution in [0.3, 0.4) is 0 Å². The Morgan fingerprint density at radius 1 is 1.37 bits per heavy atom. The zero-order chi connectivity index (χ0) is 21.5. The lowest BCUT2D eigenvalue weighted by Gasteiger charge is -2.34. The Morgan fingerprint density at radius 3 is 2.83 bits per heavy atom. The van der Waals surface area contributed by atoms with Gasteiger partial charge in [-0.15, -0.1) is 0 Å². The predicted octanol–water partition coefficient (Wildman–Crippen LogP) is 5.02. The summed E-state index contributed by atoms with van der Waals surface area (Å²) in [6.45, 7) is 2.43. The zero-order valence-electron chi connectivity index (χ0n) is 16.9. The number of thiophene rings is 1. The topological polar surface area (TPSA) is 59.4 Å². The number of halogens is 3. The molecule has 6 nitrogen and oxygen atoms in total. The third-order valence-corrected chi connectivity index (χ3v) is 6.91. The minimum Gasteiger partial charge on any atom is -0.487 e. The number of hydrogen-bond donors (Lipinski definition) is 1. The number of likely N-dealkylation sites (tertiary alicyclic amines) is 1. The molecule has 0 saturated carbocycles. The highest BCUT2D eigenvalue weighted by Gasteiger charge is 2.46. The summed E-state index contributed by atoms with van der Waals surface area (Å²) in [4.78, 5) is 15.4. The van der Waals surface area contributed by atoms with Gasteiger partial charge in [0.05, 0.1) is 23.7 Å². The van der Waals surface area contributed by atoms with Crippen LogP contribution in [0.5, 0.6) is 5.06 Å². The summed E-state index contributed by atoms with van der Waals surface area (Å²) < 4.78 is 47.3. The molecule has 4 heterocycles. The molecule has 1 N–H and O–H groups in total. The zero-order valence-corrected chi connectivity index (χ0v) is 17.7. The molecule has 0 bridgehead atoms. The number of piperidine rings is 1. The van der Waals surface area contributed by atoms with Gasteiger partial charge in [0.25, 0.3) is 5.91 Å². The minimum atomic E-state index is -4.37. The smallest absolute Gasteiger partial charge is 0.410 e. The molecule has 0 unspecified atom stereocenters. The first-order chi connectivity index (χ1) is 14.3. The summed E-state index contributed by atoms with van der Waals surface area (Å²) in [5.74, 6) is 0.243. The van der Waals surface area contributed by atoms with Crippen LogP contribution in [0, 0.1) is 0 Å². The molecule has 4 rings (SSSR count). The summed E-state index contributed by atoms with van der Waals surface area (Å²) in [5, 5.41) is 8.18. The molecule has 1 fully saturated rings. The number of ether oxygens (including phenoxy) is 1. The Hall–Kier alpha value is -2.23. The van der Waals surface area contributed by atoms with Crippen molar-refractivity contribution >= 4 is 23.1 Å².